The number of halogens is 1. The average molecular weight is 298 g/mol. The Hall–Kier alpha value is -0.740. The van der Waals surface area contributed by atoms with E-state index in [0.717, 1.165) is 24.4 Å². The third kappa shape index (κ3) is 5.33. The highest BCUT2D eigenvalue weighted by atomic mass is 32.2. The van der Waals surface area contributed by atoms with Crippen molar-refractivity contribution in [3.05, 3.63) is 29.6 Å². The summed E-state index contributed by atoms with van der Waals surface area (Å²) in [6.07, 6.45) is 2.07. The maximum absolute atomic E-state index is 14.2. The van der Waals surface area contributed by atoms with Gasteiger partial charge in [-0.2, -0.15) is 11.8 Å². The van der Waals surface area contributed by atoms with E-state index in [4.69, 9.17) is 0 Å². The van der Waals surface area contributed by atoms with Gasteiger partial charge >= 0.3 is 0 Å². The minimum absolute atomic E-state index is 0.135. The quantitative estimate of drug-likeness (QED) is 0.786. The highest BCUT2D eigenvalue weighted by Crippen LogP contribution is 2.22. The van der Waals surface area contributed by atoms with Crippen molar-refractivity contribution in [3.63, 3.8) is 0 Å². The number of benzene rings is 1. The van der Waals surface area contributed by atoms with Crippen molar-refractivity contribution in [1.82, 2.24) is 5.32 Å². The van der Waals surface area contributed by atoms with Crippen molar-refractivity contribution in [2.24, 2.45) is 5.92 Å². The van der Waals surface area contributed by atoms with Crippen LogP contribution in [0.3, 0.4) is 0 Å². The molecular formula is C16H27FN2S. The molecule has 1 N–H and O–H groups in total. The number of nitrogens with one attached hydrogen (secondary N) is 1. The Morgan fingerprint density at radius 3 is 2.55 bits per heavy atom. The predicted octanol–water partition coefficient (Wildman–Crippen LogP) is 3.76. The van der Waals surface area contributed by atoms with Gasteiger partial charge in [0.2, 0.25) is 0 Å². The fourth-order valence-corrected chi connectivity index (χ4v) is 2.75. The Kier molecular flexibility index (Phi) is 7.38. The molecule has 1 aromatic carbocycles. The highest BCUT2D eigenvalue weighted by molar-refractivity contribution is 7.98. The summed E-state index contributed by atoms with van der Waals surface area (Å²) in [6.45, 7) is 8.12. The van der Waals surface area contributed by atoms with Crippen LogP contribution in [0, 0.1) is 11.7 Å². The lowest BCUT2D eigenvalue weighted by molar-refractivity contribution is 0.549. The van der Waals surface area contributed by atoms with E-state index in [-0.39, 0.29) is 5.82 Å². The second kappa shape index (κ2) is 8.53. The van der Waals surface area contributed by atoms with E-state index in [1.807, 2.05) is 24.1 Å². The second-order valence-electron chi connectivity index (χ2n) is 5.73. The molecule has 0 aliphatic carbocycles. The zero-order chi connectivity index (χ0) is 15.1. The molecule has 1 aromatic rings. The molecule has 1 atom stereocenters. The van der Waals surface area contributed by atoms with Crippen molar-refractivity contribution < 1.29 is 4.39 Å². The third-order valence-electron chi connectivity index (χ3n) is 3.34. The number of rotatable bonds is 8. The fourth-order valence-electron chi connectivity index (χ4n) is 2.04. The molecule has 0 saturated carbocycles. The summed E-state index contributed by atoms with van der Waals surface area (Å²) in [5, 5.41) is 3.34. The molecule has 0 heterocycles. The van der Waals surface area contributed by atoms with Crippen molar-refractivity contribution >= 4 is 17.4 Å². The average Bonchev–Trinajstić information content (AvgIpc) is 2.38. The maximum Gasteiger partial charge on any atom is 0.146 e. The predicted molar refractivity (Wildman–Crippen MR) is 89.2 cm³/mol. The molecule has 114 valence electrons. The number of hydrogen-bond donors (Lipinski definition) is 1. The number of nitrogens with zero attached hydrogens (tertiary/aromatic N) is 1. The molecule has 0 amide bonds. The van der Waals surface area contributed by atoms with Crippen LogP contribution in [0.25, 0.3) is 0 Å². The standard InChI is InChI=1S/C16H27FN2S/c1-12(2)9-18-10-14-6-7-16(15(17)8-14)19(4)13(3)11-20-5/h6-8,12-13,18H,9-11H2,1-5H3. The number of thioether (sulfide) groups is 1. The number of anilines is 1. The molecule has 0 saturated heterocycles. The van der Waals surface area contributed by atoms with E-state index in [0.29, 0.717) is 17.6 Å². The second-order valence-corrected chi connectivity index (χ2v) is 6.64. The first kappa shape index (κ1) is 17.3. The highest BCUT2D eigenvalue weighted by Gasteiger charge is 2.13. The molecule has 0 spiro atoms. The van der Waals surface area contributed by atoms with Gasteiger partial charge in [-0.3, -0.25) is 0 Å². The summed E-state index contributed by atoms with van der Waals surface area (Å²) in [4.78, 5) is 2.01. The minimum atomic E-state index is -0.135. The van der Waals surface area contributed by atoms with Crippen molar-refractivity contribution in [2.75, 3.05) is 30.5 Å². The molecule has 0 radical (unpaired) electrons. The lowest BCUT2D eigenvalue weighted by atomic mass is 10.1. The van der Waals surface area contributed by atoms with Crippen LogP contribution in [-0.2, 0) is 6.54 Å². The zero-order valence-electron chi connectivity index (χ0n) is 13.2. The van der Waals surface area contributed by atoms with E-state index in [1.54, 1.807) is 17.8 Å². The summed E-state index contributed by atoms with van der Waals surface area (Å²) in [7, 11) is 1.95. The first-order valence-electron chi connectivity index (χ1n) is 7.16. The summed E-state index contributed by atoms with van der Waals surface area (Å²) in [5.41, 5.74) is 1.68. The van der Waals surface area contributed by atoms with Crippen LogP contribution in [0.5, 0.6) is 0 Å². The van der Waals surface area contributed by atoms with E-state index < -0.39 is 0 Å². The van der Waals surface area contributed by atoms with E-state index in [2.05, 4.69) is 32.3 Å². The van der Waals surface area contributed by atoms with Gasteiger partial charge in [0.15, 0.2) is 0 Å². The van der Waals surface area contributed by atoms with Gasteiger partial charge in [-0.1, -0.05) is 19.9 Å². The van der Waals surface area contributed by atoms with Crippen LogP contribution in [0.15, 0.2) is 18.2 Å². The number of hydrogen-bond acceptors (Lipinski definition) is 3. The lowest BCUT2D eigenvalue weighted by Gasteiger charge is -2.27. The molecule has 0 aliphatic heterocycles. The van der Waals surface area contributed by atoms with Gasteiger partial charge in [0.25, 0.3) is 0 Å². The monoisotopic (exact) mass is 298 g/mol. The first-order chi connectivity index (χ1) is 9.45. The zero-order valence-corrected chi connectivity index (χ0v) is 14.1. The van der Waals surface area contributed by atoms with E-state index in [1.165, 1.54) is 0 Å². The molecule has 0 aliphatic rings. The lowest BCUT2D eigenvalue weighted by Crippen LogP contribution is -2.31. The smallest absolute Gasteiger partial charge is 0.146 e. The largest absolute Gasteiger partial charge is 0.369 e. The van der Waals surface area contributed by atoms with E-state index in [9.17, 15) is 4.39 Å². The summed E-state index contributed by atoms with van der Waals surface area (Å²) < 4.78 is 14.2. The molecule has 0 aromatic heterocycles. The van der Waals surface area contributed by atoms with Crippen LogP contribution < -0.4 is 10.2 Å². The van der Waals surface area contributed by atoms with Gasteiger partial charge < -0.3 is 10.2 Å². The Morgan fingerprint density at radius 2 is 2.00 bits per heavy atom. The van der Waals surface area contributed by atoms with Gasteiger partial charge in [0.1, 0.15) is 5.82 Å². The van der Waals surface area contributed by atoms with Crippen molar-refractivity contribution in [3.8, 4) is 0 Å². The summed E-state index contributed by atoms with van der Waals surface area (Å²) in [6, 6.07) is 5.86. The van der Waals surface area contributed by atoms with Crippen LogP contribution in [0.2, 0.25) is 0 Å². The fraction of sp³-hybridized carbons (Fsp3) is 0.625. The first-order valence-corrected chi connectivity index (χ1v) is 8.56. The van der Waals surface area contributed by atoms with Crippen LogP contribution in [-0.4, -0.2) is 31.6 Å². The van der Waals surface area contributed by atoms with Crippen LogP contribution >= 0.6 is 11.8 Å². The van der Waals surface area contributed by atoms with Crippen LogP contribution in [0.1, 0.15) is 26.3 Å². The van der Waals surface area contributed by atoms with Gasteiger partial charge in [-0.05, 0) is 43.3 Å². The third-order valence-corrected chi connectivity index (χ3v) is 4.16. The van der Waals surface area contributed by atoms with Gasteiger partial charge in [-0.15, -0.1) is 0 Å². The maximum atomic E-state index is 14.2. The van der Waals surface area contributed by atoms with Gasteiger partial charge in [0, 0.05) is 25.4 Å². The SMILES string of the molecule is CSCC(C)N(C)c1ccc(CNCC(C)C)cc1F. The molecule has 1 rings (SSSR count). The molecule has 0 bridgehead atoms. The summed E-state index contributed by atoms with van der Waals surface area (Å²) in [5.74, 6) is 1.47. The molecule has 1 unspecified atom stereocenters. The van der Waals surface area contributed by atoms with Gasteiger partial charge in [-0.25, -0.2) is 4.39 Å². The minimum Gasteiger partial charge on any atom is -0.369 e. The molecular weight excluding hydrogens is 271 g/mol. The Balaban J connectivity index is 2.67. The summed E-state index contributed by atoms with van der Waals surface area (Å²) >= 11 is 1.78. The van der Waals surface area contributed by atoms with Crippen molar-refractivity contribution in [2.45, 2.75) is 33.4 Å². The Morgan fingerprint density at radius 1 is 1.30 bits per heavy atom. The molecule has 0 fully saturated rings. The molecule has 20 heavy (non-hydrogen) atoms. The molecule has 2 nitrogen and oxygen atoms in total. The van der Waals surface area contributed by atoms with Crippen molar-refractivity contribution in [1.29, 1.82) is 0 Å². The Bertz CT molecular complexity index is 409. The van der Waals surface area contributed by atoms with Gasteiger partial charge in [0.05, 0.1) is 5.69 Å². The Labute approximate surface area is 127 Å². The normalized spacial score (nSPS) is 12.8. The van der Waals surface area contributed by atoms with E-state index >= 15 is 0 Å². The van der Waals surface area contributed by atoms with Crippen LogP contribution in [0.4, 0.5) is 10.1 Å². The molecule has 4 heteroatoms. The topological polar surface area (TPSA) is 15.3 Å².